The highest BCUT2D eigenvalue weighted by Gasteiger charge is 2.34. The van der Waals surface area contributed by atoms with E-state index in [9.17, 15) is 5.26 Å². The lowest BCUT2D eigenvalue weighted by Gasteiger charge is -2.28. The SMILES string of the molecule is N#CC(CCSc1ccccc1C1=NCCCN1)(c1ccccc1)c1ccccc1. The van der Waals surface area contributed by atoms with Gasteiger partial charge in [-0.3, -0.25) is 4.99 Å². The van der Waals surface area contributed by atoms with Crippen LogP contribution in [0.15, 0.2) is 94.8 Å². The quantitative estimate of drug-likeness (QED) is 0.528. The van der Waals surface area contributed by atoms with E-state index in [0.29, 0.717) is 0 Å². The molecule has 0 bridgehead atoms. The number of nitriles is 1. The summed E-state index contributed by atoms with van der Waals surface area (Å²) in [7, 11) is 0. The molecule has 1 heterocycles. The van der Waals surface area contributed by atoms with Gasteiger partial charge in [-0.25, -0.2) is 0 Å². The van der Waals surface area contributed by atoms with E-state index in [4.69, 9.17) is 0 Å². The molecule has 3 aromatic carbocycles. The highest BCUT2D eigenvalue weighted by atomic mass is 32.2. The summed E-state index contributed by atoms with van der Waals surface area (Å²) in [5, 5.41) is 13.8. The predicted octanol–water partition coefficient (Wildman–Crippen LogP) is 5.42. The lowest BCUT2D eigenvalue weighted by molar-refractivity contribution is 0.638. The second-order valence-corrected chi connectivity index (χ2v) is 8.49. The number of hydrogen-bond acceptors (Lipinski definition) is 4. The Kier molecular flexibility index (Phi) is 6.51. The minimum atomic E-state index is -0.662. The lowest BCUT2D eigenvalue weighted by atomic mass is 9.74. The van der Waals surface area contributed by atoms with Crippen LogP contribution in [0.25, 0.3) is 0 Å². The van der Waals surface area contributed by atoms with Crippen molar-refractivity contribution < 1.29 is 0 Å². The van der Waals surface area contributed by atoms with Crippen LogP contribution in [-0.4, -0.2) is 24.7 Å². The predicted molar refractivity (Wildman–Crippen MR) is 125 cm³/mol. The molecule has 4 heteroatoms. The normalized spacial score (nSPS) is 13.8. The summed E-state index contributed by atoms with van der Waals surface area (Å²) >= 11 is 1.80. The fraction of sp³-hybridized carbons (Fsp3) is 0.231. The fourth-order valence-corrected chi connectivity index (χ4v) is 5.02. The first kappa shape index (κ1) is 20.3. The first-order chi connectivity index (χ1) is 14.8. The van der Waals surface area contributed by atoms with Gasteiger partial charge in [0.15, 0.2) is 0 Å². The van der Waals surface area contributed by atoms with Gasteiger partial charge in [-0.1, -0.05) is 78.9 Å². The maximum Gasteiger partial charge on any atom is 0.129 e. The molecule has 0 atom stereocenters. The van der Waals surface area contributed by atoms with Gasteiger partial charge in [-0.2, -0.15) is 5.26 Å². The molecule has 0 saturated carbocycles. The summed E-state index contributed by atoms with van der Waals surface area (Å²) in [5.41, 5.74) is 2.59. The molecule has 0 unspecified atom stereocenters. The zero-order valence-corrected chi connectivity index (χ0v) is 17.7. The van der Waals surface area contributed by atoms with E-state index in [2.05, 4.69) is 64.9 Å². The Bertz CT molecular complexity index is 999. The van der Waals surface area contributed by atoms with E-state index in [1.165, 1.54) is 4.90 Å². The first-order valence-electron chi connectivity index (χ1n) is 10.4. The molecule has 0 fully saturated rings. The highest BCUT2D eigenvalue weighted by Crippen LogP contribution is 2.37. The monoisotopic (exact) mass is 411 g/mol. The van der Waals surface area contributed by atoms with Crippen LogP contribution in [0.2, 0.25) is 0 Å². The van der Waals surface area contributed by atoms with Crippen molar-refractivity contribution in [3.8, 4) is 6.07 Å². The summed E-state index contributed by atoms with van der Waals surface area (Å²) in [6, 6.07) is 31.4. The summed E-state index contributed by atoms with van der Waals surface area (Å²) in [4.78, 5) is 5.88. The molecule has 0 spiro atoms. The zero-order valence-electron chi connectivity index (χ0n) is 16.9. The molecule has 1 N–H and O–H groups in total. The number of thioether (sulfide) groups is 1. The van der Waals surface area contributed by atoms with Gasteiger partial charge < -0.3 is 5.32 Å². The molecule has 1 aliphatic rings. The third kappa shape index (κ3) is 4.27. The summed E-state index contributed by atoms with van der Waals surface area (Å²) in [5.74, 6) is 1.82. The van der Waals surface area contributed by atoms with Crippen LogP contribution in [0.1, 0.15) is 29.5 Å². The average Bonchev–Trinajstić information content (AvgIpc) is 2.84. The number of benzene rings is 3. The van der Waals surface area contributed by atoms with Crippen LogP contribution in [0.3, 0.4) is 0 Å². The standard InChI is InChI=1S/C26H25N3S/c27-20-26(21-10-3-1-4-11-21,22-12-5-2-6-13-22)16-19-30-24-15-8-7-14-23(24)25-28-17-9-18-29-25/h1-8,10-15H,9,16-19H2,(H,28,29). The van der Waals surface area contributed by atoms with Crippen molar-refractivity contribution in [1.82, 2.24) is 5.32 Å². The van der Waals surface area contributed by atoms with Gasteiger partial charge in [-0.05, 0) is 30.0 Å². The van der Waals surface area contributed by atoms with Crippen LogP contribution in [0.5, 0.6) is 0 Å². The van der Waals surface area contributed by atoms with Crippen LogP contribution >= 0.6 is 11.8 Å². The Hall–Kier alpha value is -3.03. The maximum absolute atomic E-state index is 10.4. The van der Waals surface area contributed by atoms with Crippen LogP contribution in [-0.2, 0) is 5.41 Å². The van der Waals surface area contributed by atoms with E-state index in [1.54, 1.807) is 11.8 Å². The van der Waals surface area contributed by atoms with Gasteiger partial charge in [0.1, 0.15) is 11.3 Å². The van der Waals surface area contributed by atoms with Crippen LogP contribution in [0.4, 0.5) is 0 Å². The van der Waals surface area contributed by atoms with E-state index in [1.807, 2.05) is 36.4 Å². The molecular weight excluding hydrogens is 386 g/mol. The zero-order chi connectivity index (χ0) is 20.7. The van der Waals surface area contributed by atoms with Gasteiger partial charge >= 0.3 is 0 Å². The number of amidine groups is 1. The molecule has 4 rings (SSSR count). The second-order valence-electron chi connectivity index (χ2n) is 7.35. The van der Waals surface area contributed by atoms with Crippen molar-refractivity contribution >= 4 is 17.6 Å². The van der Waals surface area contributed by atoms with Crippen molar-refractivity contribution in [2.45, 2.75) is 23.2 Å². The Morgan fingerprint density at radius 1 is 0.900 bits per heavy atom. The number of aliphatic imine (C=N–C) groups is 1. The first-order valence-corrected chi connectivity index (χ1v) is 11.3. The molecule has 150 valence electrons. The largest absolute Gasteiger partial charge is 0.370 e. The lowest BCUT2D eigenvalue weighted by Crippen LogP contribution is -2.30. The fourth-order valence-electron chi connectivity index (χ4n) is 3.90. The minimum absolute atomic E-state index is 0.662. The smallest absolute Gasteiger partial charge is 0.129 e. The van der Waals surface area contributed by atoms with E-state index >= 15 is 0 Å². The van der Waals surface area contributed by atoms with Crippen LogP contribution < -0.4 is 5.32 Å². The molecular formula is C26H25N3S. The maximum atomic E-state index is 10.4. The molecule has 30 heavy (non-hydrogen) atoms. The molecule has 3 aromatic rings. The summed E-state index contributed by atoms with van der Waals surface area (Å²) < 4.78 is 0. The molecule has 0 aromatic heterocycles. The number of rotatable bonds is 7. The van der Waals surface area contributed by atoms with Gasteiger partial charge in [0.05, 0.1) is 6.07 Å². The molecule has 0 saturated heterocycles. The number of hydrogen-bond donors (Lipinski definition) is 1. The van der Waals surface area contributed by atoms with Crippen molar-refractivity contribution in [1.29, 1.82) is 5.26 Å². The Balaban J connectivity index is 1.59. The average molecular weight is 412 g/mol. The van der Waals surface area contributed by atoms with E-state index < -0.39 is 5.41 Å². The third-order valence-electron chi connectivity index (χ3n) is 5.50. The molecule has 3 nitrogen and oxygen atoms in total. The van der Waals surface area contributed by atoms with E-state index in [-0.39, 0.29) is 0 Å². The van der Waals surface area contributed by atoms with Gasteiger partial charge in [0.25, 0.3) is 0 Å². The Morgan fingerprint density at radius 2 is 1.53 bits per heavy atom. The van der Waals surface area contributed by atoms with Crippen LogP contribution in [0, 0.1) is 11.3 Å². The van der Waals surface area contributed by atoms with E-state index in [0.717, 1.165) is 54.2 Å². The highest BCUT2D eigenvalue weighted by molar-refractivity contribution is 7.99. The molecule has 0 aliphatic carbocycles. The van der Waals surface area contributed by atoms with Gasteiger partial charge in [0, 0.05) is 29.3 Å². The minimum Gasteiger partial charge on any atom is -0.370 e. The Morgan fingerprint density at radius 3 is 2.13 bits per heavy atom. The van der Waals surface area contributed by atoms with Gasteiger partial charge in [0.2, 0.25) is 0 Å². The van der Waals surface area contributed by atoms with Crippen molar-refractivity contribution in [2.75, 3.05) is 18.8 Å². The van der Waals surface area contributed by atoms with Gasteiger partial charge in [-0.15, -0.1) is 11.8 Å². The van der Waals surface area contributed by atoms with Crippen molar-refractivity contribution in [3.05, 3.63) is 102 Å². The molecule has 1 aliphatic heterocycles. The Labute approximate surface area is 182 Å². The number of nitrogens with zero attached hydrogens (tertiary/aromatic N) is 2. The topological polar surface area (TPSA) is 48.2 Å². The molecule has 0 radical (unpaired) electrons. The molecule has 0 amide bonds. The second kappa shape index (κ2) is 9.65. The third-order valence-corrected chi connectivity index (χ3v) is 6.57. The van der Waals surface area contributed by atoms with Crippen molar-refractivity contribution in [2.24, 2.45) is 4.99 Å². The summed E-state index contributed by atoms with van der Waals surface area (Å²) in [6.45, 7) is 1.85. The van der Waals surface area contributed by atoms with Crippen molar-refractivity contribution in [3.63, 3.8) is 0 Å². The number of nitrogens with one attached hydrogen (secondary N) is 1. The summed E-state index contributed by atoms with van der Waals surface area (Å²) in [6.07, 6.45) is 1.81.